The number of benzene rings is 1. The Kier molecular flexibility index (Phi) is 5.22. The van der Waals surface area contributed by atoms with E-state index >= 15 is 0 Å². The van der Waals surface area contributed by atoms with Gasteiger partial charge in [0.1, 0.15) is 17.7 Å². The van der Waals surface area contributed by atoms with Gasteiger partial charge in [-0.2, -0.15) is 0 Å². The van der Waals surface area contributed by atoms with E-state index in [0.29, 0.717) is 28.2 Å². The topological polar surface area (TPSA) is 122 Å². The van der Waals surface area contributed by atoms with Gasteiger partial charge in [0, 0.05) is 24.4 Å². The van der Waals surface area contributed by atoms with Gasteiger partial charge in [0.05, 0.1) is 23.9 Å². The van der Waals surface area contributed by atoms with E-state index in [4.69, 9.17) is 9.47 Å². The van der Waals surface area contributed by atoms with Gasteiger partial charge in [0.15, 0.2) is 5.65 Å². The molecule has 1 saturated heterocycles. The van der Waals surface area contributed by atoms with Crippen molar-refractivity contribution in [1.29, 1.82) is 0 Å². The van der Waals surface area contributed by atoms with E-state index in [-0.39, 0.29) is 12.0 Å². The lowest BCUT2D eigenvalue weighted by atomic mass is 10.0. The minimum Gasteiger partial charge on any atom is -0.465 e. The summed E-state index contributed by atoms with van der Waals surface area (Å²) in [5, 5.41) is 20.2. The molecule has 4 heterocycles. The fourth-order valence-electron chi connectivity index (χ4n) is 3.93. The van der Waals surface area contributed by atoms with Gasteiger partial charge in [-0.05, 0) is 36.8 Å². The zero-order valence-corrected chi connectivity index (χ0v) is 17.3. The van der Waals surface area contributed by atoms with Gasteiger partial charge in [-0.25, -0.2) is 9.97 Å². The summed E-state index contributed by atoms with van der Waals surface area (Å²) in [4.78, 5) is 24.0. The van der Waals surface area contributed by atoms with Crippen molar-refractivity contribution in [3.8, 4) is 22.7 Å². The second kappa shape index (κ2) is 8.19. The molecule has 164 valence electrons. The van der Waals surface area contributed by atoms with E-state index in [9.17, 15) is 15.0 Å². The van der Waals surface area contributed by atoms with Gasteiger partial charge in [-0.1, -0.05) is 18.2 Å². The standard InChI is InChI=1S/C23H22N4O5/c1-13-21(29)17(28)10-19(31-13)32-15-7-5-14(6-8-15)16-11-27(18-4-2-3-9-24-18)22-20(16)23(30)26-12-25-22/h2-9,11-13,17,19,21,28-29H,10H2,1H3,(H,25,26,30). The highest BCUT2D eigenvalue weighted by molar-refractivity contribution is 5.94. The number of fused-ring (bicyclic) bond motifs is 1. The fourth-order valence-corrected chi connectivity index (χ4v) is 3.93. The average molecular weight is 434 g/mol. The number of hydrogen-bond acceptors (Lipinski definition) is 7. The molecule has 1 aliphatic heterocycles. The normalized spacial score (nSPS) is 23.3. The van der Waals surface area contributed by atoms with Crippen molar-refractivity contribution in [2.75, 3.05) is 0 Å². The van der Waals surface area contributed by atoms with Crippen LogP contribution in [0.25, 0.3) is 28.0 Å². The first-order valence-corrected chi connectivity index (χ1v) is 10.3. The molecule has 4 aromatic rings. The van der Waals surface area contributed by atoms with Gasteiger partial charge in [-0.15, -0.1) is 0 Å². The Morgan fingerprint density at radius 3 is 2.69 bits per heavy atom. The van der Waals surface area contributed by atoms with Gasteiger partial charge < -0.3 is 24.7 Å². The summed E-state index contributed by atoms with van der Waals surface area (Å²) in [5.41, 5.74) is 1.80. The Hall–Kier alpha value is -3.53. The molecule has 4 atom stereocenters. The van der Waals surface area contributed by atoms with E-state index in [1.54, 1.807) is 29.8 Å². The summed E-state index contributed by atoms with van der Waals surface area (Å²) in [6, 6.07) is 12.8. The first kappa shape index (κ1) is 20.4. The number of aliphatic hydroxyl groups is 2. The van der Waals surface area contributed by atoms with Gasteiger partial charge >= 0.3 is 0 Å². The number of hydrogen-bond donors (Lipinski definition) is 3. The second-order valence-corrected chi connectivity index (χ2v) is 7.74. The number of pyridine rings is 1. The highest BCUT2D eigenvalue weighted by Crippen LogP contribution is 2.31. The molecule has 0 saturated carbocycles. The van der Waals surface area contributed by atoms with E-state index in [1.165, 1.54) is 6.33 Å². The van der Waals surface area contributed by atoms with Crippen molar-refractivity contribution in [1.82, 2.24) is 19.5 Å². The van der Waals surface area contributed by atoms with E-state index in [2.05, 4.69) is 15.0 Å². The molecule has 9 nitrogen and oxygen atoms in total. The van der Waals surface area contributed by atoms with Crippen molar-refractivity contribution in [2.45, 2.75) is 37.9 Å². The summed E-state index contributed by atoms with van der Waals surface area (Å²) in [6.45, 7) is 1.69. The molecule has 9 heteroatoms. The Morgan fingerprint density at radius 1 is 1.16 bits per heavy atom. The molecule has 0 spiro atoms. The highest BCUT2D eigenvalue weighted by Gasteiger charge is 2.35. The maximum Gasteiger partial charge on any atom is 0.260 e. The zero-order valence-electron chi connectivity index (χ0n) is 17.3. The van der Waals surface area contributed by atoms with Crippen LogP contribution in [-0.4, -0.2) is 54.3 Å². The monoisotopic (exact) mass is 434 g/mol. The van der Waals surface area contributed by atoms with Crippen LogP contribution in [-0.2, 0) is 4.74 Å². The third-order valence-electron chi connectivity index (χ3n) is 5.59. The number of ether oxygens (including phenoxy) is 2. The van der Waals surface area contributed by atoms with Crippen molar-refractivity contribution in [3.05, 3.63) is 71.5 Å². The van der Waals surface area contributed by atoms with Crippen molar-refractivity contribution in [2.24, 2.45) is 0 Å². The Balaban J connectivity index is 1.47. The second-order valence-electron chi connectivity index (χ2n) is 7.74. The predicted molar refractivity (Wildman–Crippen MR) is 117 cm³/mol. The maximum absolute atomic E-state index is 12.6. The fraction of sp³-hybridized carbons (Fsp3) is 0.261. The Labute approximate surface area is 182 Å². The first-order valence-electron chi connectivity index (χ1n) is 10.3. The summed E-state index contributed by atoms with van der Waals surface area (Å²) >= 11 is 0. The number of rotatable bonds is 4. The van der Waals surface area contributed by atoms with Crippen molar-refractivity contribution < 1.29 is 19.7 Å². The molecule has 0 amide bonds. The molecule has 4 unspecified atom stereocenters. The molecule has 0 aliphatic carbocycles. The van der Waals surface area contributed by atoms with Crippen molar-refractivity contribution >= 4 is 11.0 Å². The third kappa shape index (κ3) is 3.66. The zero-order chi connectivity index (χ0) is 22.2. The van der Waals surface area contributed by atoms with Crippen LogP contribution in [0, 0.1) is 0 Å². The van der Waals surface area contributed by atoms with Crippen LogP contribution < -0.4 is 10.3 Å². The van der Waals surface area contributed by atoms with Gasteiger partial charge in [-0.3, -0.25) is 9.36 Å². The predicted octanol–water partition coefficient (Wildman–Crippen LogP) is 2.01. The minimum atomic E-state index is -0.930. The average Bonchev–Trinajstić information content (AvgIpc) is 3.20. The number of nitrogens with zero attached hydrogens (tertiary/aromatic N) is 3. The van der Waals surface area contributed by atoms with E-state index in [1.807, 2.05) is 36.5 Å². The van der Waals surface area contributed by atoms with Crippen LogP contribution in [0.2, 0.25) is 0 Å². The first-order chi connectivity index (χ1) is 15.5. The quantitative estimate of drug-likeness (QED) is 0.449. The number of aromatic nitrogens is 4. The smallest absolute Gasteiger partial charge is 0.260 e. The lowest BCUT2D eigenvalue weighted by Gasteiger charge is -2.35. The molecule has 3 N–H and O–H groups in total. The summed E-state index contributed by atoms with van der Waals surface area (Å²) in [7, 11) is 0. The maximum atomic E-state index is 12.6. The number of nitrogens with one attached hydrogen (secondary N) is 1. The number of aromatic amines is 1. The third-order valence-corrected chi connectivity index (χ3v) is 5.59. The van der Waals surface area contributed by atoms with Crippen LogP contribution in [0.4, 0.5) is 0 Å². The SMILES string of the molecule is CC1OC(Oc2ccc(-c3cn(-c4ccccn4)c4nc[nH]c(=O)c34)cc2)CC(O)C1O. The van der Waals surface area contributed by atoms with Crippen LogP contribution in [0.3, 0.4) is 0 Å². The lowest BCUT2D eigenvalue weighted by molar-refractivity contribution is -0.216. The number of aliphatic hydroxyl groups excluding tert-OH is 2. The largest absolute Gasteiger partial charge is 0.465 e. The van der Waals surface area contributed by atoms with Crippen molar-refractivity contribution in [3.63, 3.8) is 0 Å². The summed E-state index contributed by atoms with van der Waals surface area (Å²) in [5.74, 6) is 1.21. The minimum absolute atomic E-state index is 0.172. The molecule has 1 fully saturated rings. The molecule has 0 radical (unpaired) electrons. The Bertz CT molecular complexity index is 1270. The Morgan fingerprint density at radius 2 is 1.97 bits per heavy atom. The molecule has 5 rings (SSSR count). The molecule has 3 aromatic heterocycles. The van der Waals surface area contributed by atoms with Crippen LogP contribution in [0.15, 0.2) is 66.0 Å². The number of H-pyrrole nitrogens is 1. The van der Waals surface area contributed by atoms with E-state index < -0.39 is 24.6 Å². The molecule has 1 aliphatic rings. The van der Waals surface area contributed by atoms with Crippen LogP contribution in [0.1, 0.15) is 13.3 Å². The van der Waals surface area contributed by atoms with Gasteiger partial charge in [0.25, 0.3) is 5.56 Å². The van der Waals surface area contributed by atoms with Gasteiger partial charge in [0.2, 0.25) is 6.29 Å². The summed E-state index contributed by atoms with van der Waals surface area (Å²) < 4.78 is 13.2. The molecule has 0 bridgehead atoms. The molecular weight excluding hydrogens is 412 g/mol. The van der Waals surface area contributed by atoms with E-state index in [0.717, 1.165) is 5.56 Å². The van der Waals surface area contributed by atoms with Crippen LogP contribution in [0.5, 0.6) is 5.75 Å². The molecule has 32 heavy (non-hydrogen) atoms. The molecule has 1 aromatic carbocycles. The lowest BCUT2D eigenvalue weighted by Crippen LogP contribution is -2.48. The molecular formula is C23H22N4O5. The summed E-state index contributed by atoms with van der Waals surface area (Å²) in [6.07, 6.45) is 2.05. The highest BCUT2D eigenvalue weighted by atomic mass is 16.7. The van der Waals surface area contributed by atoms with Crippen LogP contribution >= 0.6 is 0 Å².